The van der Waals surface area contributed by atoms with Gasteiger partial charge >= 0.3 is 0 Å². The molecular formula is C18H24N2O. The molecule has 2 N–H and O–H groups in total. The molecule has 1 unspecified atom stereocenters. The second-order valence-corrected chi connectivity index (χ2v) is 5.25. The number of hydrogen-bond donors (Lipinski definition) is 2. The van der Waals surface area contributed by atoms with E-state index in [-0.39, 0.29) is 0 Å². The number of anilines is 1. The van der Waals surface area contributed by atoms with Crippen LogP contribution < -0.4 is 10.2 Å². The lowest BCUT2D eigenvalue weighted by molar-refractivity contribution is 0.475. The molecule has 0 aliphatic rings. The molecule has 0 amide bonds. The average Bonchev–Trinajstić information content (AvgIpc) is 2.52. The van der Waals surface area contributed by atoms with Gasteiger partial charge in [0.25, 0.3) is 0 Å². The van der Waals surface area contributed by atoms with Gasteiger partial charge in [0.2, 0.25) is 0 Å². The van der Waals surface area contributed by atoms with E-state index in [9.17, 15) is 5.11 Å². The van der Waals surface area contributed by atoms with Crippen molar-refractivity contribution < 1.29 is 5.11 Å². The summed E-state index contributed by atoms with van der Waals surface area (Å²) < 4.78 is 0. The van der Waals surface area contributed by atoms with E-state index in [0.29, 0.717) is 11.8 Å². The fourth-order valence-corrected chi connectivity index (χ4v) is 2.48. The summed E-state index contributed by atoms with van der Waals surface area (Å²) in [5, 5.41) is 12.9. The van der Waals surface area contributed by atoms with Crippen molar-refractivity contribution in [2.75, 3.05) is 25.0 Å². The highest BCUT2D eigenvalue weighted by molar-refractivity contribution is 5.48. The summed E-state index contributed by atoms with van der Waals surface area (Å²) in [5.41, 5.74) is 2.45. The Balaban J connectivity index is 1.97. The molecule has 0 saturated heterocycles. The van der Waals surface area contributed by atoms with E-state index in [1.165, 1.54) is 5.56 Å². The molecule has 0 heterocycles. The van der Waals surface area contributed by atoms with Gasteiger partial charge in [0, 0.05) is 25.3 Å². The van der Waals surface area contributed by atoms with E-state index < -0.39 is 0 Å². The lowest BCUT2D eigenvalue weighted by Gasteiger charge is -2.24. The fraction of sp³-hybridized carbons (Fsp3) is 0.333. The molecule has 1 atom stereocenters. The van der Waals surface area contributed by atoms with Gasteiger partial charge in [-0.15, -0.1) is 0 Å². The largest absolute Gasteiger partial charge is 0.508 e. The van der Waals surface area contributed by atoms with Crippen LogP contribution in [0.4, 0.5) is 5.69 Å². The quantitative estimate of drug-likeness (QED) is 0.816. The van der Waals surface area contributed by atoms with Crippen LogP contribution in [-0.2, 0) is 0 Å². The zero-order chi connectivity index (χ0) is 15.1. The zero-order valence-corrected chi connectivity index (χ0v) is 12.8. The lowest BCUT2D eigenvalue weighted by atomic mass is 10.0. The maximum atomic E-state index is 9.35. The first-order valence-electron chi connectivity index (χ1n) is 7.49. The van der Waals surface area contributed by atoms with Crippen LogP contribution in [0.1, 0.15) is 24.9 Å². The van der Waals surface area contributed by atoms with Gasteiger partial charge in [-0.1, -0.05) is 37.3 Å². The van der Waals surface area contributed by atoms with Crippen molar-refractivity contribution in [3.05, 3.63) is 60.2 Å². The Kier molecular flexibility index (Phi) is 5.64. The number of rotatable bonds is 7. The normalized spacial score (nSPS) is 12.1. The van der Waals surface area contributed by atoms with Crippen LogP contribution in [0.15, 0.2) is 54.6 Å². The molecule has 2 rings (SSSR count). The third kappa shape index (κ3) is 4.50. The molecule has 0 spiro atoms. The maximum Gasteiger partial charge on any atom is 0.115 e. The summed E-state index contributed by atoms with van der Waals surface area (Å²) in [6, 6.07) is 18.3. The molecule has 0 saturated carbocycles. The Morgan fingerprint density at radius 1 is 1.05 bits per heavy atom. The van der Waals surface area contributed by atoms with Crippen molar-refractivity contribution in [1.29, 1.82) is 0 Å². The Morgan fingerprint density at radius 3 is 2.33 bits per heavy atom. The van der Waals surface area contributed by atoms with Crippen LogP contribution in [-0.4, -0.2) is 25.2 Å². The van der Waals surface area contributed by atoms with E-state index in [0.717, 1.165) is 25.2 Å². The van der Waals surface area contributed by atoms with Crippen LogP contribution in [0.5, 0.6) is 5.75 Å². The summed E-state index contributed by atoms with van der Waals surface area (Å²) in [4.78, 5) is 2.22. The molecule has 0 radical (unpaired) electrons. The summed E-state index contributed by atoms with van der Waals surface area (Å²) in [6.07, 6.45) is 1.04. The second kappa shape index (κ2) is 7.70. The highest BCUT2D eigenvalue weighted by atomic mass is 16.3. The molecule has 0 aromatic heterocycles. The minimum Gasteiger partial charge on any atom is -0.508 e. The van der Waals surface area contributed by atoms with Crippen molar-refractivity contribution in [3.63, 3.8) is 0 Å². The number of phenols is 1. The summed E-state index contributed by atoms with van der Waals surface area (Å²) in [5.74, 6) is 0.307. The van der Waals surface area contributed by atoms with Crippen LogP contribution in [0, 0.1) is 0 Å². The monoisotopic (exact) mass is 284 g/mol. The van der Waals surface area contributed by atoms with E-state index in [1.807, 2.05) is 12.1 Å². The van der Waals surface area contributed by atoms with Crippen LogP contribution in [0.25, 0.3) is 0 Å². The second-order valence-electron chi connectivity index (χ2n) is 5.25. The Labute approximate surface area is 127 Å². The Hall–Kier alpha value is -2.00. The number of aromatic hydroxyl groups is 1. The molecule has 0 aliphatic heterocycles. The van der Waals surface area contributed by atoms with Crippen molar-refractivity contribution in [2.45, 2.75) is 19.4 Å². The molecule has 3 nitrogen and oxygen atoms in total. The number of hydrogen-bond acceptors (Lipinski definition) is 3. The van der Waals surface area contributed by atoms with Crippen LogP contribution >= 0.6 is 0 Å². The fourth-order valence-electron chi connectivity index (χ4n) is 2.48. The first-order chi connectivity index (χ1) is 10.2. The third-order valence-corrected chi connectivity index (χ3v) is 3.70. The molecule has 2 aromatic carbocycles. The van der Waals surface area contributed by atoms with Gasteiger partial charge in [-0.3, -0.25) is 0 Å². The zero-order valence-electron chi connectivity index (χ0n) is 12.8. The van der Waals surface area contributed by atoms with Gasteiger partial charge in [0.15, 0.2) is 0 Å². The smallest absolute Gasteiger partial charge is 0.115 e. The highest BCUT2D eigenvalue weighted by Crippen LogP contribution is 2.20. The Bertz CT molecular complexity index is 525. The van der Waals surface area contributed by atoms with E-state index in [1.54, 1.807) is 12.1 Å². The van der Waals surface area contributed by atoms with Gasteiger partial charge < -0.3 is 15.3 Å². The van der Waals surface area contributed by atoms with Crippen molar-refractivity contribution in [2.24, 2.45) is 0 Å². The van der Waals surface area contributed by atoms with Gasteiger partial charge in [0.1, 0.15) is 5.75 Å². The highest BCUT2D eigenvalue weighted by Gasteiger charge is 2.11. The van der Waals surface area contributed by atoms with Crippen LogP contribution in [0.2, 0.25) is 0 Å². The number of nitrogens with zero attached hydrogens (tertiary/aromatic N) is 1. The molecule has 21 heavy (non-hydrogen) atoms. The van der Waals surface area contributed by atoms with E-state index >= 15 is 0 Å². The van der Waals surface area contributed by atoms with Crippen molar-refractivity contribution in [1.82, 2.24) is 5.32 Å². The SMILES string of the molecule is CCNC(CCN(C)c1ccc(O)cc1)c1ccccc1. The van der Waals surface area contributed by atoms with Gasteiger partial charge in [-0.2, -0.15) is 0 Å². The van der Waals surface area contributed by atoms with Gasteiger partial charge in [-0.25, -0.2) is 0 Å². The first kappa shape index (κ1) is 15.4. The number of phenolic OH excluding ortho intramolecular Hbond substituents is 1. The minimum atomic E-state index is 0.307. The molecule has 112 valence electrons. The summed E-state index contributed by atoms with van der Waals surface area (Å²) >= 11 is 0. The van der Waals surface area contributed by atoms with Gasteiger partial charge in [0.05, 0.1) is 0 Å². The first-order valence-corrected chi connectivity index (χ1v) is 7.49. The van der Waals surface area contributed by atoms with Crippen molar-refractivity contribution in [3.8, 4) is 5.75 Å². The maximum absolute atomic E-state index is 9.35. The Morgan fingerprint density at radius 2 is 1.71 bits per heavy atom. The van der Waals surface area contributed by atoms with E-state index in [4.69, 9.17) is 0 Å². The number of nitrogens with one attached hydrogen (secondary N) is 1. The van der Waals surface area contributed by atoms with Crippen molar-refractivity contribution >= 4 is 5.69 Å². The summed E-state index contributed by atoms with van der Waals surface area (Å²) in [7, 11) is 2.08. The van der Waals surface area contributed by atoms with Crippen LogP contribution in [0.3, 0.4) is 0 Å². The molecule has 0 fully saturated rings. The molecule has 3 heteroatoms. The standard InChI is InChI=1S/C18H24N2O/c1-3-19-18(15-7-5-4-6-8-15)13-14-20(2)16-9-11-17(21)12-10-16/h4-12,18-19,21H,3,13-14H2,1-2H3. The molecular weight excluding hydrogens is 260 g/mol. The lowest BCUT2D eigenvalue weighted by Crippen LogP contribution is -2.27. The topological polar surface area (TPSA) is 35.5 Å². The molecule has 2 aromatic rings. The minimum absolute atomic E-state index is 0.307. The van der Waals surface area contributed by atoms with Gasteiger partial charge in [-0.05, 0) is 42.8 Å². The molecule has 0 bridgehead atoms. The third-order valence-electron chi connectivity index (χ3n) is 3.70. The predicted octanol–water partition coefficient (Wildman–Crippen LogP) is 3.57. The number of benzene rings is 2. The molecule has 0 aliphatic carbocycles. The average molecular weight is 284 g/mol. The van der Waals surface area contributed by atoms with E-state index in [2.05, 4.69) is 54.5 Å². The summed E-state index contributed by atoms with van der Waals surface area (Å²) in [6.45, 7) is 4.06. The predicted molar refractivity (Wildman–Crippen MR) is 88.9 cm³/mol.